The number of aromatic nitrogens is 1. The smallest absolute Gasteiger partial charge is 0.264 e. The summed E-state index contributed by atoms with van der Waals surface area (Å²) < 4.78 is 52.9. The maximum Gasteiger partial charge on any atom is 0.264 e. The van der Waals surface area contributed by atoms with Crippen LogP contribution in [0.3, 0.4) is 0 Å². The van der Waals surface area contributed by atoms with E-state index < -0.39 is 37.7 Å². The van der Waals surface area contributed by atoms with Gasteiger partial charge in [0.1, 0.15) is 0 Å². The van der Waals surface area contributed by atoms with Crippen LogP contribution >= 0.6 is 12.4 Å². The molecule has 0 fully saturated rings. The van der Waals surface area contributed by atoms with Gasteiger partial charge in [0.05, 0.1) is 0 Å². The van der Waals surface area contributed by atoms with Gasteiger partial charge in [0, 0.05) is 42.1 Å². The number of aryl methyl sites for hydroxylation is 1. The van der Waals surface area contributed by atoms with Crippen molar-refractivity contribution in [2.45, 2.75) is 31.2 Å². The molecule has 0 unspecified atom stereocenters. The van der Waals surface area contributed by atoms with Crippen molar-refractivity contribution in [2.75, 3.05) is 20.4 Å². The molecule has 1 aromatic heterocycles. The summed E-state index contributed by atoms with van der Waals surface area (Å²) in [6, 6.07) is 9.19. The fraction of sp³-hybridized carbons (Fsp3) is 0.333. The first-order chi connectivity index (χ1) is 16.3. The summed E-state index contributed by atoms with van der Waals surface area (Å²) in [6.45, 7) is 1.31. The Morgan fingerprint density at radius 1 is 1.14 bits per heavy atom. The first-order valence-corrected chi connectivity index (χ1v) is 12.6. The highest BCUT2D eigenvalue weighted by molar-refractivity contribution is 7.92. The zero-order valence-electron chi connectivity index (χ0n) is 20.2. The van der Waals surface area contributed by atoms with E-state index in [1.807, 2.05) is 0 Å². The average Bonchev–Trinajstić information content (AvgIpc) is 2.79. The Morgan fingerprint density at radius 3 is 2.39 bits per heavy atom. The molecule has 0 aliphatic heterocycles. The van der Waals surface area contributed by atoms with Crippen LogP contribution in [0.25, 0.3) is 21.9 Å². The lowest BCUT2D eigenvalue weighted by Gasteiger charge is -2.25. The fourth-order valence-electron chi connectivity index (χ4n) is 3.83. The van der Waals surface area contributed by atoms with Gasteiger partial charge >= 0.3 is 0 Å². The van der Waals surface area contributed by atoms with Crippen LogP contribution in [-0.2, 0) is 27.7 Å². The Labute approximate surface area is 213 Å². The zero-order chi connectivity index (χ0) is 26.1. The average molecular weight is 544 g/mol. The van der Waals surface area contributed by atoms with Gasteiger partial charge in [-0.1, -0.05) is 18.2 Å². The molecule has 0 bridgehead atoms. The SMILES string of the molecule is CN(C)Cc1ccc(-c2ccc3c(=O)n(CC[C@](C)(C(=O)NO)S(C)(=O)=O)ccc3c2)c(F)c1F.Cl. The van der Waals surface area contributed by atoms with Crippen molar-refractivity contribution in [2.24, 2.45) is 0 Å². The van der Waals surface area contributed by atoms with Crippen molar-refractivity contribution in [1.82, 2.24) is 14.9 Å². The molecule has 0 aliphatic carbocycles. The number of nitrogens with zero attached hydrogens (tertiary/aromatic N) is 2. The molecule has 2 N–H and O–H groups in total. The number of nitrogens with one attached hydrogen (secondary N) is 1. The summed E-state index contributed by atoms with van der Waals surface area (Å²) in [7, 11) is -0.403. The predicted octanol–water partition coefficient (Wildman–Crippen LogP) is 3.13. The number of sulfone groups is 1. The highest BCUT2D eigenvalue weighted by Crippen LogP contribution is 2.29. The minimum Gasteiger partial charge on any atom is -0.315 e. The van der Waals surface area contributed by atoms with Gasteiger partial charge in [0.15, 0.2) is 26.2 Å². The second-order valence-corrected chi connectivity index (χ2v) is 11.4. The summed E-state index contributed by atoms with van der Waals surface area (Å²) >= 11 is 0. The van der Waals surface area contributed by atoms with E-state index in [1.165, 1.54) is 47.4 Å². The summed E-state index contributed by atoms with van der Waals surface area (Å²) in [6.07, 6.45) is 2.05. The third-order valence-corrected chi connectivity index (χ3v) is 8.19. The van der Waals surface area contributed by atoms with Crippen LogP contribution in [-0.4, -0.2) is 54.1 Å². The van der Waals surface area contributed by atoms with Crippen molar-refractivity contribution >= 4 is 38.9 Å². The molecule has 0 radical (unpaired) electrons. The Hall–Kier alpha value is -2.86. The number of hydrogen-bond acceptors (Lipinski definition) is 6. The summed E-state index contributed by atoms with van der Waals surface area (Å²) in [5.74, 6) is -2.99. The predicted molar refractivity (Wildman–Crippen MR) is 136 cm³/mol. The molecule has 8 nitrogen and oxygen atoms in total. The van der Waals surface area contributed by atoms with Crippen LogP contribution in [0.5, 0.6) is 0 Å². The molecule has 36 heavy (non-hydrogen) atoms. The third-order valence-electron chi connectivity index (χ3n) is 6.17. The first-order valence-electron chi connectivity index (χ1n) is 10.7. The van der Waals surface area contributed by atoms with E-state index in [0.29, 0.717) is 10.9 Å². The monoisotopic (exact) mass is 543 g/mol. The Kier molecular flexibility index (Phi) is 9.00. The maximum atomic E-state index is 14.8. The highest BCUT2D eigenvalue weighted by Gasteiger charge is 2.43. The zero-order valence-corrected chi connectivity index (χ0v) is 21.8. The van der Waals surface area contributed by atoms with E-state index in [0.717, 1.165) is 6.26 Å². The lowest BCUT2D eigenvalue weighted by atomic mass is 9.99. The van der Waals surface area contributed by atoms with Gasteiger partial charge in [-0.05, 0) is 56.6 Å². The fourth-order valence-corrected chi connectivity index (χ4v) is 4.67. The molecule has 1 heterocycles. The van der Waals surface area contributed by atoms with Crippen molar-refractivity contribution in [3.8, 4) is 11.1 Å². The van der Waals surface area contributed by atoms with E-state index in [1.54, 1.807) is 31.1 Å². The van der Waals surface area contributed by atoms with Gasteiger partial charge in [-0.3, -0.25) is 14.8 Å². The summed E-state index contributed by atoms with van der Waals surface area (Å²) in [4.78, 5) is 26.7. The van der Waals surface area contributed by atoms with Gasteiger partial charge in [-0.25, -0.2) is 22.7 Å². The summed E-state index contributed by atoms with van der Waals surface area (Å²) in [5.41, 5.74) is 1.62. The van der Waals surface area contributed by atoms with Gasteiger partial charge in [0.2, 0.25) is 0 Å². The van der Waals surface area contributed by atoms with Crippen LogP contribution in [0.1, 0.15) is 18.9 Å². The molecule has 0 spiro atoms. The molecule has 2 aromatic carbocycles. The van der Waals surface area contributed by atoms with E-state index in [4.69, 9.17) is 5.21 Å². The molecule has 0 saturated heterocycles. The summed E-state index contributed by atoms with van der Waals surface area (Å²) in [5, 5.41) is 9.72. The Balaban J connectivity index is 0.00000456. The first kappa shape index (κ1) is 29.4. The molecule has 12 heteroatoms. The van der Waals surface area contributed by atoms with Gasteiger partial charge in [-0.15, -0.1) is 12.4 Å². The lowest BCUT2D eigenvalue weighted by Crippen LogP contribution is -2.49. The van der Waals surface area contributed by atoms with E-state index in [-0.39, 0.29) is 48.4 Å². The number of benzene rings is 2. The number of hydroxylamine groups is 1. The van der Waals surface area contributed by atoms with E-state index in [2.05, 4.69) is 0 Å². The quantitative estimate of drug-likeness (QED) is 0.334. The number of carbonyl (C=O) groups excluding carboxylic acids is 1. The molecule has 1 amide bonds. The number of amides is 1. The van der Waals surface area contributed by atoms with Crippen molar-refractivity contribution in [1.29, 1.82) is 0 Å². The number of rotatable bonds is 8. The maximum absolute atomic E-state index is 14.8. The van der Waals surface area contributed by atoms with Gasteiger partial charge in [-0.2, -0.15) is 0 Å². The minimum absolute atomic E-state index is 0. The molecule has 0 saturated carbocycles. The van der Waals surface area contributed by atoms with E-state index >= 15 is 0 Å². The van der Waals surface area contributed by atoms with Crippen molar-refractivity contribution in [3.05, 3.63) is 70.1 Å². The topological polar surface area (TPSA) is 109 Å². The van der Waals surface area contributed by atoms with Gasteiger partial charge < -0.3 is 9.47 Å². The Morgan fingerprint density at radius 2 is 1.81 bits per heavy atom. The molecule has 3 aromatic rings. The highest BCUT2D eigenvalue weighted by atomic mass is 35.5. The van der Waals surface area contributed by atoms with Crippen molar-refractivity contribution in [3.63, 3.8) is 0 Å². The van der Waals surface area contributed by atoms with Crippen LogP contribution in [0.2, 0.25) is 0 Å². The second kappa shape index (κ2) is 11.0. The molecule has 1 atom stereocenters. The number of hydrogen-bond donors (Lipinski definition) is 2. The van der Waals surface area contributed by atoms with E-state index in [9.17, 15) is 26.8 Å². The number of halogens is 3. The standard InChI is InChI=1S/C24H27F2N3O5S.ClH/c1-24(23(31)27-32,35(4,33)34)10-12-29-11-9-16-13-15(5-8-19(16)22(29)30)18-7-6-17(14-28(2)3)20(25)21(18)26;/h5-9,11,13,32H,10,12,14H2,1-4H3,(H,27,31);1H/t24-;/m1./s1. The Bertz CT molecular complexity index is 1460. The van der Waals surface area contributed by atoms with Gasteiger partial charge in [0.25, 0.3) is 11.5 Å². The second-order valence-electron chi connectivity index (χ2n) is 8.95. The number of fused-ring (bicyclic) bond motifs is 1. The van der Waals surface area contributed by atoms with Crippen LogP contribution in [0.4, 0.5) is 8.78 Å². The normalized spacial score (nSPS) is 13.3. The number of carbonyl (C=O) groups is 1. The molecular formula is C24H28ClF2N3O5S. The van der Waals surface area contributed by atoms with Crippen LogP contribution in [0.15, 0.2) is 47.4 Å². The number of pyridine rings is 1. The van der Waals surface area contributed by atoms with Crippen molar-refractivity contribution < 1.29 is 27.2 Å². The third kappa shape index (κ3) is 5.59. The van der Waals surface area contributed by atoms with Crippen LogP contribution in [0, 0.1) is 11.6 Å². The lowest BCUT2D eigenvalue weighted by molar-refractivity contribution is -0.131. The molecule has 0 aliphatic rings. The largest absolute Gasteiger partial charge is 0.315 e. The molecule has 196 valence electrons. The molecular weight excluding hydrogens is 516 g/mol. The molecule has 3 rings (SSSR count). The van der Waals surface area contributed by atoms with Crippen LogP contribution < -0.4 is 11.0 Å². The minimum atomic E-state index is -3.91.